The lowest BCUT2D eigenvalue weighted by atomic mass is 9.87. The number of nitrogens with zero attached hydrogens (tertiary/aromatic N) is 1. The first-order chi connectivity index (χ1) is 5.70. The van der Waals surface area contributed by atoms with Gasteiger partial charge in [0.1, 0.15) is 0 Å². The van der Waals surface area contributed by atoms with Gasteiger partial charge in [-0.3, -0.25) is 0 Å². The summed E-state index contributed by atoms with van der Waals surface area (Å²) in [6, 6.07) is 0. The Bertz CT molecular complexity index is 180. The summed E-state index contributed by atoms with van der Waals surface area (Å²) < 4.78 is 0. The normalized spacial score (nSPS) is 30.4. The molecule has 0 aromatic rings. The van der Waals surface area contributed by atoms with Crippen LogP contribution in [0.4, 0.5) is 0 Å². The van der Waals surface area contributed by atoms with Crippen LogP contribution >= 0.6 is 0 Å². The first-order valence-corrected chi connectivity index (χ1v) is 4.86. The minimum atomic E-state index is 0.564. The molecular weight excluding hydrogens is 146 g/mol. The highest BCUT2D eigenvalue weighted by Crippen LogP contribution is 2.32. The van der Waals surface area contributed by atoms with E-state index in [2.05, 4.69) is 24.7 Å². The predicted octanol–water partition coefficient (Wildman–Crippen LogP) is 2.13. The average molecular weight is 165 g/mol. The molecule has 68 valence electrons. The molecule has 0 saturated carbocycles. The Morgan fingerprint density at radius 2 is 2.33 bits per heavy atom. The quantitative estimate of drug-likeness (QED) is 0.579. The second-order valence-electron chi connectivity index (χ2n) is 4.14. The molecule has 0 bridgehead atoms. The first-order valence-electron chi connectivity index (χ1n) is 4.86. The van der Waals surface area contributed by atoms with Crippen LogP contribution in [0.2, 0.25) is 0 Å². The van der Waals surface area contributed by atoms with Crippen molar-refractivity contribution in [1.29, 1.82) is 0 Å². The summed E-state index contributed by atoms with van der Waals surface area (Å²) in [5.74, 6) is 2.70. The summed E-state index contributed by atoms with van der Waals surface area (Å²) in [5, 5.41) is 0. The van der Waals surface area contributed by atoms with Gasteiger partial charge in [-0.2, -0.15) is 0 Å². The van der Waals surface area contributed by atoms with Crippen molar-refractivity contribution in [2.75, 3.05) is 19.6 Å². The van der Waals surface area contributed by atoms with Crippen LogP contribution in [0.25, 0.3) is 0 Å². The zero-order valence-electron chi connectivity index (χ0n) is 8.27. The van der Waals surface area contributed by atoms with Crippen molar-refractivity contribution in [3.8, 4) is 12.3 Å². The highest BCUT2D eigenvalue weighted by atomic mass is 15.1. The van der Waals surface area contributed by atoms with Gasteiger partial charge >= 0.3 is 0 Å². The Hall–Kier alpha value is -0.480. The van der Waals surface area contributed by atoms with Crippen LogP contribution in [0, 0.1) is 17.8 Å². The van der Waals surface area contributed by atoms with E-state index in [1.165, 1.54) is 25.9 Å². The van der Waals surface area contributed by atoms with Crippen molar-refractivity contribution in [2.45, 2.75) is 33.1 Å². The van der Waals surface area contributed by atoms with Gasteiger partial charge in [0.15, 0.2) is 0 Å². The third kappa shape index (κ3) is 2.25. The smallest absolute Gasteiger partial charge is 0.0214 e. The molecule has 1 atom stereocenters. The maximum Gasteiger partial charge on any atom is 0.0214 e. The van der Waals surface area contributed by atoms with E-state index in [9.17, 15) is 0 Å². The van der Waals surface area contributed by atoms with E-state index in [0.29, 0.717) is 5.41 Å². The second-order valence-corrected chi connectivity index (χ2v) is 4.14. The van der Waals surface area contributed by atoms with Gasteiger partial charge in [0.05, 0.1) is 0 Å². The van der Waals surface area contributed by atoms with Crippen LogP contribution in [-0.2, 0) is 0 Å². The maximum atomic E-state index is 5.23. The second kappa shape index (κ2) is 3.96. The lowest BCUT2D eigenvalue weighted by Crippen LogP contribution is -2.25. The molecule has 0 aromatic carbocycles. The predicted molar refractivity (Wildman–Crippen MR) is 52.9 cm³/mol. The van der Waals surface area contributed by atoms with E-state index in [4.69, 9.17) is 6.42 Å². The Balaban J connectivity index is 2.31. The van der Waals surface area contributed by atoms with Gasteiger partial charge < -0.3 is 4.90 Å². The Morgan fingerprint density at radius 1 is 1.58 bits per heavy atom. The van der Waals surface area contributed by atoms with Crippen LogP contribution in [0.1, 0.15) is 33.1 Å². The fourth-order valence-corrected chi connectivity index (χ4v) is 1.83. The fraction of sp³-hybridized carbons (Fsp3) is 0.818. The van der Waals surface area contributed by atoms with Crippen molar-refractivity contribution in [2.24, 2.45) is 5.41 Å². The maximum absolute atomic E-state index is 5.23. The van der Waals surface area contributed by atoms with E-state index in [0.717, 1.165) is 13.0 Å². The number of likely N-dealkylation sites (tertiary alicyclic amines) is 1. The van der Waals surface area contributed by atoms with Crippen LogP contribution in [-0.4, -0.2) is 24.5 Å². The largest absolute Gasteiger partial charge is 0.302 e. The molecule has 0 spiro atoms. The SMILES string of the molecule is C#CCCN1CCC(C)(CC)C1. The van der Waals surface area contributed by atoms with Gasteiger partial charge in [0.2, 0.25) is 0 Å². The lowest BCUT2D eigenvalue weighted by molar-refractivity contribution is 0.273. The molecule has 1 heterocycles. The van der Waals surface area contributed by atoms with Gasteiger partial charge in [-0.1, -0.05) is 13.8 Å². The number of hydrogen-bond donors (Lipinski definition) is 0. The molecule has 1 nitrogen and oxygen atoms in total. The van der Waals surface area contributed by atoms with Crippen LogP contribution in [0.5, 0.6) is 0 Å². The molecule has 0 N–H and O–H groups in total. The molecule has 1 unspecified atom stereocenters. The van der Waals surface area contributed by atoms with Crippen molar-refractivity contribution >= 4 is 0 Å². The molecule has 12 heavy (non-hydrogen) atoms. The monoisotopic (exact) mass is 165 g/mol. The molecular formula is C11H19N. The molecule has 1 aliphatic rings. The van der Waals surface area contributed by atoms with Gasteiger partial charge in [0, 0.05) is 19.5 Å². The van der Waals surface area contributed by atoms with E-state index in [1.54, 1.807) is 0 Å². The summed E-state index contributed by atoms with van der Waals surface area (Å²) in [6.45, 7) is 8.23. The van der Waals surface area contributed by atoms with Gasteiger partial charge in [-0.05, 0) is 24.8 Å². The van der Waals surface area contributed by atoms with Crippen molar-refractivity contribution < 1.29 is 0 Å². The van der Waals surface area contributed by atoms with E-state index >= 15 is 0 Å². The molecule has 1 saturated heterocycles. The summed E-state index contributed by atoms with van der Waals surface area (Å²) in [7, 11) is 0. The summed E-state index contributed by atoms with van der Waals surface area (Å²) in [6.07, 6.45) is 8.77. The van der Waals surface area contributed by atoms with Crippen LogP contribution in [0.3, 0.4) is 0 Å². The van der Waals surface area contributed by atoms with E-state index < -0.39 is 0 Å². The molecule has 1 rings (SSSR count). The summed E-state index contributed by atoms with van der Waals surface area (Å²) in [4.78, 5) is 2.49. The van der Waals surface area contributed by atoms with Crippen molar-refractivity contribution in [1.82, 2.24) is 4.90 Å². The molecule has 1 aliphatic heterocycles. The minimum absolute atomic E-state index is 0.564. The van der Waals surface area contributed by atoms with Crippen LogP contribution in [0.15, 0.2) is 0 Å². The Morgan fingerprint density at radius 3 is 2.83 bits per heavy atom. The summed E-state index contributed by atoms with van der Waals surface area (Å²) >= 11 is 0. The lowest BCUT2D eigenvalue weighted by Gasteiger charge is -2.22. The first kappa shape index (κ1) is 9.61. The fourth-order valence-electron chi connectivity index (χ4n) is 1.83. The third-order valence-corrected chi connectivity index (χ3v) is 3.06. The molecule has 1 heteroatoms. The highest BCUT2D eigenvalue weighted by molar-refractivity contribution is 4.89. The molecule has 0 aliphatic carbocycles. The zero-order valence-corrected chi connectivity index (χ0v) is 8.27. The third-order valence-electron chi connectivity index (χ3n) is 3.06. The summed E-state index contributed by atoms with van der Waals surface area (Å²) in [5.41, 5.74) is 0.564. The molecule has 1 fully saturated rings. The van der Waals surface area contributed by atoms with E-state index in [-0.39, 0.29) is 0 Å². The van der Waals surface area contributed by atoms with E-state index in [1.807, 2.05) is 0 Å². The number of rotatable bonds is 3. The van der Waals surface area contributed by atoms with Crippen molar-refractivity contribution in [3.05, 3.63) is 0 Å². The van der Waals surface area contributed by atoms with Crippen molar-refractivity contribution in [3.63, 3.8) is 0 Å². The van der Waals surface area contributed by atoms with Gasteiger partial charge in [-0.25, -0.2) is 0 Å². The average Bonchev–Trinajstić information content (AvgIpc) is 2.45. The number of terminal acetylenes is 1. The van der Waals surface area contributed by atoms with Crippen LogP contribution < -0.4 is 0 Å². The topological polar surface area (TPSA) is 3.24 Å². The Kier molecular flexibility index (Phi) is 3.17. The molecule has 0 radical (unpaired) electrons. The standard InChI is InChI=1S/C11H19N/c1-4-6-8-12-9-7-11(3,5-2)10-12/h1H,5-10H2,2-3H3. The molecule has 0 aromatic heterocycles. The van der Waals surface area contributed by atoms with Gasteiger partial charge in [0.25, 0.3) is 0 Å². The highest BCUT2D eigenvalue weighted by Gasteiger charge is 2.31. The molecule has 0 amide bonds. The van der Waals surface area contributed by atoms with Gasteiger partial charge in [-0.15, -0.1) is 12.3 Å². The Labute approximate surface area is 76.1 Å². The number of hydrogen-bond acceptors (Lipinski definition) is 1. The zero-order chi connectivity index (χ0) is 9.03. The minimum Gasteiger partial charge on any atom is -0.302 e.